The van der Waals surface area contributed by atoms with Gasteiger partial charge in [0.2, 0.25) is 0 Å². The van der Waals surface area contributed by atoms with Crippen molar-refractivity contribution in [2.45, 2.75) is 6.92 Å². The van der Waals surface area contributed by atoms with Crippen LogP contribution in [0.15, 0.2) is 36.4 Å². The molecule has 0 amide bonds. The molecule has 0 N–H and O–H groups in total. The van der Waals surface area contributed by atoms with Crippen molar-refractivity contribution >= 4 is 0 Å². The third-order valence-corrected chi connectivity index (χ3v) is 2.14. The summed E-state index contributed by atoms with van der Waals surface area (Å²) in [5, 5.41) is 0. The van der Waals surface area contributed by atoms with E-state index in [9.17, 15) is 8.78 Å². The van der Waals surface area contributed by atoms with E-state index >= 15 is 0 Å². The zero-order valence-corrected chi connectivity index (χ0v) is 8.17. The zero-order valence-electron chi connectivity index (χ0n) is 8.17. The molecule has 76 valence electrons. The number of benzene rings is 1. The molecule has 3 heteroatoms. The number of aromatic nitrogens is 1. The quantitative estimate of drug-likeness (QED) is 0.695. The van der Waals surface area contributed by atoms with Crippen LogP contribution in [0.5, 0.6) is 0 Å². The van der Waals surface area contributed by atoms with Gasteiger partial charge < -0.3 is 0 Å². The minimum Gasteiger partial charge on any atom is -0.250 e. The van der Waals surface area contributed by atoms with Gasteiger partial charge in [0.1, 0.15) is 11.6 Å². The fraction of sp³-hybridized carbons (Fsp3) is 0.0833. The van der Waals surface area contributed by atoms with Crippen LogP contribution in [0, 0.1) is 18.6 Å². The summed E-state index contributed by atoms with van der Waals surface area (Å²) in [6.45, 7) is 1.58. The van der Waals surface area contributed by atoms with Gasteiger partial charge in [-0.15, -0.1) is 0 Å². The number of hydrogen-bond acceptors (Lipinski definition) is 1. The molecule has 1 nitrogen and oxygen atoms in total. The summed E-state index contributed by atoms with van der Waals surface area (Å²) in [6.07, 6.45) is 0. The standard InChI is InChI=1S/C12H9F2N/c1-8-11(14)5-6-12(15-8)9-3-2-4-10(13)7-9/h2-7H,1H3. The normalized spacial score (nSPS) is 10.3. The fourth-order valence-electron chi connectivity index (χ4n) is 1.35. The van der Waals surface area contributed by atoms with Crippen molar-refractivity contribution < 1.29 is 8.78 Å². The molecule has 2 rings (SSSR count). The Morgan fingerprint density at radius 2 is 1.87 bits per heavy atom. The lowest BCUT2D eigenvalue weighted by Crippen LogP contribution is -1.91. The number of halogens is 2. The molecule has 2 aromatic rings. The number of nitrogens with zero attached hydrogens (tertiary/aromatic N) is 1. The van der Waals surface area contributed by atoms with E-state index in [1.54, 1.807) is 19.1 Å². The number of aryl methyl sites for hydroxylation is 1. The summed E-state index contributed by atoms with van der Waals surface area (Å²) in [7, 11) is 0. The van der Waals surface area contributed by atoms with Crippen molar-refractivity contribution in [1.82, 2.24) is 4.98 Å². The Morgan fingerprint density at radius 3 is 2.53 bits per heavy atom. The molecule has 0 saturated heterocycles. The lowest BCUT2D eigenvalue weighted by molar-refractivity contribution is 0.610. The Hall–Kier alpha value is -1.77. The molecule has 0 fully saturated rings. The number of rotatable bonds is 1. The molecule has 0 aliphatic heterocycles. The zero-order chi connectivity index (χ0) is 10.8. The second-order valence-corrected chi connectivity index (χ2v) is 3.27. The van der Waals surface area contributed by atoms with E-state index in [0.717, 1.165) is 0 Å². The molecule has 0 aliphatic carbocycles. The molecule has 1 aromatic carbocycles. The van der Waals surface area contributed by atoms with Crippen LogP contribution in [0.1, 0.15) is 5.69 Å². The summed E-state index contributed by atoms with van der Waals surface area (Å²) in [4.78, 5) is 4.04. The second kappa shape index (κ2) is 3.77. The maximum Gasteiger partial charge on any atom is 0.144 e. The van der Waals surface area contributed by atoms with E-state index in [1.165, 1.54) is 24.3 Å². The van der Waals surface area contributed by atoms with E-state index in [0.29, 0.717) is 17.0 Å². The van der Waals surface area contributed by atoms with Crippen molar-refractivity contribution in [3.05, 3.63) is 53.7 Å². The van der Waals surface area contributed by atoms with Crippen molar-refractivity contribution in [2.75, 3.05) is 0 Å². The average molecular weight is 205 g/mol. The maximum atomic E-state index is 13.0. The first-order valence-electron chi connectivity index (χ1n) is 4.56. The highest BCUT2D eigenvalue weighted by atomic mass is 19.1. The third-order valence-electron chi connectivity index (χ3n) is 2.14. The van der Waals surface area contributed by atoms with Crippen molar-refractivity contribution in [1.29, 1.82) is 0 Å². The van der Waals surface area contributed by atoms with E-state index in [1.807, 2.05) is 0 Å². The summed E-state index contributed by atoms with van der Waals surface area (Å²) in [6, 6.07) is 8.95. The number of pyridine rings is 1. The van der Waals surface area contributed by atoms with Crippen LogP contribution >= 0.6 is 0 Å². The van der Waals surface area contributed by atoms with E-state index in [-0.39, 0.29) is 11.6 Å². The summed E-state index contributed by atoms with van der Waals surface area (Å²) < 4.78 is 25.9. The maximum absolute atomic E-state index is 13.0. The van der Waals surface area contributed by atoms with Gasteiger partial charge in [-0.3, -0.25) is 4.98 Å². The molecule has 1 aromatic heterocycles. The highest BCUT2D eigenvalue weighted by Crippen LogP contribution is 2.19. The lowest BCUT2D eigenvalue weighted by atomic mass is 10.1. The molecular formula is C12H9F2N. The van der Waals surface area contributed by atoms with Crippen LogP contribution in [0.25, 0.3) is 11.3 Å². The van der Waals surface area contributed by atoms with Crippen molar-refractivity contribution in [2.24, 2.45) is 0 Å². The topological polar surface area (TPSA) is 12.9 Å². The van der Waals surface area contributed by atoms with E-state index in [4.69, 9.17) is 0 Å². The van der Waals surface area contributed by atoms with Gasteiger partial charge >= 0.3 is 0 Å². The largest absolute Gasteiger partial charge is 0.250 e. The van der Waals surface area contributed by atoms with E-state index < -0.39 is 0 Å². The average Bonchev–Trinajstić information content (AvgIpc) is 2.22. The lowest BCUT2D eigenvalue weighted by Gasteiger charge is -2.02. The van der Waals surface area contributed by atoms with Gasteiger partial charge in [0.05, 0.1) is 11.4 Å². The molecular weight excluding hydrogens is 196 g/mol. The summed E-state index contributed by atoms with van der Waals surface area (Å²) in [5.74, 6) is -0.675. The molecule has 0 radical (unpaired) electrons. The first kappa shape index (κ1) is 9.77. The predicted octanol–water partition coefficient (Wildman–Crippen LogP) is 3.34. The highest BCUT2D eigenvalue weighted by Gasteiger charge is 2.03. The molecule has 0 aliphatic rings. The fourth-order valence-corrected chi connectivity index (χ4v) is 1.35. The van der Waals surface area contributed by atoms with Crippen LogP contribution in [-0.4, -0.2) is 4.98 Å². The third kappa shape index (κ3) is 2.01. The molecule has 0 unspecified atom stereocenters. The van der Waals surface area contributed by atoms with Gasteiger partial charge in [-0.25, -0.2) is 8.78 Å². The minimum absolute atomic E-state index is 0.316. The Balaban J connectivity index is 2.50. The smallest absolute Gasteiger partial charge is 0.144 e. The molecule has 0 atom stereocenters. The molecule has 1 heterocycles. The second-order valence-electron chi connectivity index (χ2n) is 3.27. The van der Waals surface area contributed by atoms with Crippen LogP contribution in [0.2, 0.25) is 0 Å². The van der Waals surface area contributed by atoms with Gasteiger partial charge in [-0.2, -0.15) is 0 Å². The van der Waals surface area contributed by atoms with Gasteiger partial charge in [0.25, 0.3) is 0 Å². The molecule has 15 heavy (non-hydrogen) atoms. The summed E-state index contributed by atoms with van der Waals surface area (Å²) >= 11 is 0. The van der Waals surface area contributed by atoms with Crippen LogP contribution in [-0.2, 0) is 0 Å². The van der Waals surface area contributed by atoms with Crippen LogP contribution < -0.4 is 0 Å². The molecule has 0 saturated carbocycles. The van der Waals surface area contributed by atoms with Gasteiger partial charge in [-0.05, 0) is 31.2 Å². The first-order chi connectivity index (χ1) is 7.16. The first-order valence-corrected chi connectivity index (χ1v) is 4.56. The highest BCUT2D eigenvalue weighted by molar-refractivity contribution is 5.59. The molecule has 0 bridgehead atoms. The van der Waals surface area contributed by atoms with Crippen LogP contribution in [0.3, 0.4) is 0 Å². The Morgan fingerprint density at radius 1 is 1.07 bits per heavy atom. The van der Waals surface area contributed by atoms with Crippen molar-refractivity contribution in [3.63, 3.8) is 0 Å². The van der Waals surface area contributed by atoms with Crippen molar-refractivity contribution in [3.8, 4) is 11.3 Å². The Bertz CT molecular complexity index is 495. The SMILES string of the molecule is Cc1nc(-c2cccc(F)c2)ccc1F. The number of hydrogen-bond donors (Lipinski definition) is 0. The van der Waals surface area contributed by atoms with E-state index in [2.05, 4.69) is 4.98 Å². The Labute approximate surface area is 86.4 Å². The summed E-state index contributed by atoms with van der Waals surface area (Å²) in [5.41, 5.74) is 1.54. The van der Waals surface area contributed by atoms with Gasteiger partial charge in [0, 0.05) is 5.56 Å². The minimum atomic E-state index is -0.352. The van der Waals surface area contributed by atoms with Gasteiger partial charge in [0.15, 0.2) is 0 Å². The monoisotopic (exact) mass is 205 g/mol. The predicted molar refractivity (Wildman–Crippen MR) is 54.3 cm³/mol. The molecule has 0 spiro atoms. The van der Waals surface area contributed by atoms with Gasteiger partial charge in [-0.1, -0.05) is 12.1 Å². The van der Waals surface area contributed by atoms with Crippen LogP contribution in [0.4, 0.5) is 8.78 Å². The Kier molecular flexibility index (Phi) is 2.46.